The molecule has 0 amide bonds. The molecule has 1 aliphatic carbocycles. The molecule has 1 aromatic heterocycles. The molecule has 1 aliphatic rings. The molecule has 0 spiro atoms. The summed E-state index contributed by atoms with van der Waals surface area (Å²) in [7, 11) is 0. The van der Waals surface area contributed by atoms with Crippen molar-refractivity contribution in [1.82, 2.24) is 9.55 Å². The van der Waals surface area contributed by atoms with Crippen LogP contribution in [0.5, 0.6) is 0 Å². The minimum Gasteiger partial charge on any atom is -0.355 e. The molecule has 1 saturated carbocycles. The molecule has 0 radical (unpaired) electrons. The number of rotatable bonds is 5. The van der Waals surface area contributed by atoms with E-state index in [1.165, 1.54) is 32.1 Å². The average molecular weight is 263 g/mol. The Morgan fingerprint density at radius 1 is 1.42 bits per heavy atom. The number of nitrogens with zero attached hydrogens (tertiary/aromatic N) is 2. The van der Waals surface area contributed by atoms with Crippen molar-refractivity contribution in [1.29, 1.82) is 0 Å². The van der Waals surface area contributed by atoms with Gasteiger partial charge in [0.1, 0.15) is 0 Å². The van der Waals surface area contributed by atoms with Gasteiger partial charge in [0.15, 0.2) is 0 Å². The van der Waals surface area contributed by atoms with Gasteiger partial charge in [0.2, 0.25) is 5.95 Å². The zero-order valence-electron chi connectivity index (χ0n) is 12.9. The van der Waals surface area contributed by atoms with Crippen molar-refractivity contribution in [2.24, 2.45) is 11.8 Å². The summed E-state index contributed by atoms with van der Waals surface area (Å²) in [4.78, 5) is 4.66. The van der Waals surface area contributed by atoms with Crippen LogP contribution in [0.25, 0.3) is 0 Å². The Bertz CT molecular complexity index is 395. The van der Waals surface area contributed by atoms with E-state index in [2.05, 4.69) is 48.8 Å². The van der Waals surface area contributed by atoms with Gasteiger partial charge in [-0.3, -0.25) is 0 Å². The van der Waals surface area contributed by atoms with Crippen LogP contribution in [-0.2, 0) is 0 Å². The third-order valence-corrected chi connectivity index (χ3v) is 4.25. The van der Waals surface area contributed by atoms with E-state index < -0.39 is 0 Å². The summed E-state index contributed by atoms with van der Waals surface area (Å²) < 4.78 is 2.40. The van der Waals surface area contributed by atoms with Crippen molar-refractivity contribution >= 4 is 5.95 Å². The fourth-order valence-corrected chi connectivity index (χ4v) is 3.11. The number of hydrogen-bond acceptors (Lipinski definition) is 2. The Balaban J connectivity index is 2.09. The first-order valence-corrected chi connectivity index (χ1v) is 7.89. The third kappa shape index (κ3) is 3.74. The molecular formula is C16H29N3. The van der Waals surface area contributed by atoms with E-state index in [1.807, 2.05) is 0 Å². The van der Waals surface area contributed by atoms with Crippen molar-refractivity contribution in [2.75, 3.05) is 11.9 Å². The molecule has 1 heterocycles. The smallest absolute Gasteiger partial charge is 0.203 e. The molecule has 3 heteroatoms. The van der Waals surface area contributed by atoms with Crippen LogP contribution in [-0.4, -0.2) is 16.1 Å². The van der Waals surface area contributed by atoms with Gasteiger partial charge < -0.3 is 9.88 Å². The highest BCUT2D eigenvalue weighted by atomic mass is 15.2. The maximum Gasteiger partial charge on any atom is 0.203 e. The van der Waals surface area contributed by atoms with E-state index in [1.54, 1.807) is 0 Å². The number of nitrogens with one attached hydrogen (secondary N) is 1. The Labute approximate surface area is 117 Å². The van der Waals surface area contributed by atoms with Gasteiger partial charge in [0.05, 0.1) is 5.69 Å². The predicted molar refractivity (Wildman–Crippen MR) is 81.6 cm³/mol. The van der Waals surface area contributed by atoms with E-state index in [0.29, 0.717) is 12.0 Å². The number of aryl methyl sites for hydroxylation is 1. The van der Waals surface area contributed by atoms with Crippen LogP contribution in [0.2, 0.25) is 0 Å². The predicted octanol–water partition coefficient (Wildman–Crippen LogP) is 4.40. The van der Waals surface area contributed by atoms with Crippen LogP contribution in [0.3, 0.4) is 0 Å². The minimum atomic E-state index is 0.648. The van der Waals surface area contributed by atoms with Crippen LogP contribution in [0.1, 0.15) is 64.6 Å². The molecular weight excluding hydrogens is 234 g/mol. The Hall–Kier alpha value is -0.990. The van der Waals surface area contributed by atoms with E-state index in [0.717, 1.165) is 24.1 Å². The van der Waals surface area contributed by atoms with Crippen LogP contribution in [0.15, 0.2) is 6.20 Å². The first-order chi connectivity index (χ1) is 9.10. The first-order valence-electron chi connectivity index (χ1n) is 7.89. The zero-order chi connectivity index (χ0) is 13.8. The number of aromatic nitrogens is 2. The lowest BCUT2D eigenvalue weighted by atomic mass is 9.84. The molecule has 1 aromatic rings. The standard InChI is InChI=1S/C16H29N3/c1-5-14-7-6-8-15(9-14)19-11-13(4)18-16(19)17-10-12(2)3/h11-12,14-15H,5-10H2,1-4H3,(H,17,18). The van der Waals surface area contributed by atoms with Gasteiger partial charge in [0.25, 0.3) is 0 Å². The fourth-order valence-electron chi connectivity index (χ4n) is 3.11. The lowest BCUT2D eigenvalue weighted by molar-refractivity contribution is 0.263. The van der Waals surface area contributed by atoms with Crippen molar-refractivity contribution in [3.05, 3.63) is 11.9 Å². The van der Waals surface area contributed by atoms with Gasteiger partial charge in [0, 0.05) is 18.8 Å². The second-order valence-corrected chi connectivity index (χ2v) is 6.48. The average Bonchev–Trinajstić information content (AvgIpc) is 2.77. The number of anilines is 1. The molecule has 108 valence electrons. The maximum atomic E-state index is 4.66. The van der Waals surface area contributed by atoms with Gasteiger partial charge in [-0.25, -0.2) is 4.98 Å². The summed E-state index contributed by atoms with van der Waals surface area (Å²) in [6.07, 6.45) is 8.95. The summed E-state index contributed by atoms with van der Waals surface area (Å²) in [5.74, 6) is 2.63. The molecule has 0 saturated heterocycles. The normalized spacial score (nSPS) is 23.8. The molecule has 19 heavy (non-hydrogen) atoms. The molecule has 0 aromatic carbocycles. The summed E-state index contributed by atoms with van der Waals surface area (Å²) in [5.41, 5.74) is 1.13. The van der Waals surface area contributed by atoms with Gasteiger partial charge in [-0.05, 0) is 31.6 Å². The maximum absolute atomic E-state index is 4.66. The highest BCUT2D eigenvalue weighted by Crippen LogP contribution is 2.35. The Kier molecular flexibility index (Phi) is 4.89. The minimum absolute atomic E-state index is 0.648. The summed E-state index contributed by atoms with van der Waals surface area (Å²) >= 11 is 0. The van der Waals surface area contributed by atoms with E-state index in [9.17, 15) is 0 Å². The molecule has 2 unspecified atom stereocenters. The second-order valence-electron chi connectivity index (χ2n) is 6.48. The van der Waals surface area contributed by atoms with Crippen LogP contribution < -0.4 is 5.32 Å². The van der Waals surface area contributed by atoms with E-state index in [4.69, 9.17) is 0 Å². The van der Waals surface area contributed by atoms with Crippen molar-refractivity contribution in [3.8, 4) is 0 Å². The molecule has 0 bridgehead atoms. The van der Waals surface area contributed by atoms with Crippen molar-refractivity contribution < 1.29 is 0 Å². The number of hydrogen-bond donors (Lipinski definition) is 1. The van der Waals surface area contributed by atoms with Gasteiger partial charge in [-0.2, -0.15) is 0 Å². The number of imidazole rings is 1. The SMILES string of the molecule is CCC1CCCC(n2cc(C)nc2NCC(C)C)C1. The van der Waals surface area contributed by atoms with Crippen molar-refractivity contribution in [3.63, 3.8) is 0 Å². The summed E-state index contributed by atoms with van der Waals surface area (Å²) in [6.45, 7) is 9.89. The highest BCUT2D eigenvalue weighted by Gasteiger charge is 2.24. The second kappa shape index (κ2) is 6.44. The molecule has 2 atom stereocenters. The third-order valence-electron chi connectivity index (χ3n) is 4.25. The van der Waals surface area contributed by atoms with Crippen molar-refractivity contribution in [2.45, 2.75) is 65.8 Å². The molecule has 2 rings (SSSR count). The Morgan fingerprint density at radius 3 is 2.89 bits per heavy atom. The monoisotopic (exact) mass is 263 g/mol. The first kappa shape index (κ1) is 14.4. The highest BCUT2D eigenvalue weighted by molar-refractivity contribution is 5.29. The van der Waals surface area contributed by atoms with Crippen LogP contribution in [0, 0.1) is 18.8 Å². The zero-order valence-corrected chi connectivity index (χ0v) is 12.9. The van der Waals surface area contributed by atoms with Gasteiger partial charge in [-0.1, -0.05) is 40.0 Å². The van der Waals surface area contributed by atoms with Crippen LogP contribution >= 0.6 is 0 Å². The quantitative estimate of drug-likeness (QED) is 0.853. The fraction of sp³-hybridized carbons (Fsp3) is 0.812. The van der Waals surface area contributed by atoms with Gasteiger partial charge in [-0.15, -0.1) is 0 Å². The topological polar surface area (TPSA) is 29.9 Å². The molecule has 0 aliphatic heterocycles. The summed E-state index contributed by atoms with van der Waals surface area (Å²) in [6, 6.07) is 0.648. The molecule has 1 fully saturated rings. The summed E-state index contributed by atoms with van der Waals surface area (Å²) in [5, 5.41) is 3.52. The van der Waals surface area contributed by atoms with E-state index >= 15 is 0 Å². The van der Waals surface area contributed by atoms with Crippen LogP contribution in [0.4, 0.5) is 5.95 Å². The Morgan fingerprint density at radius 2 is 2.21 bits per heavy atom. The van der Waals surface area contributed by atoms with E-state index in [-0.39, 0.29) is 0 Å². The van der Waals surface area contributed by atoms with Gasteiger partial charge >= 0.3 is 0 Å². The largest absolute Gasteiger partial charge is 0.355 e. The molecule has 3 nitrogen and oxygen atoms in total. The lowest BCUT2D eigenvalue weighted by Crippen LogP contribution is -2.21. The lowest BCUT2D eigenvalue weighted by Gasteiger charge is -2.30. The molecule has 1 N–H and O–H groups in total.